The number of imide groups is 1. The van der Waals surface area contributed by atoms with Gasteiger partial charge < -0.3 is 10.1 Å². The molecular formula is C23H29FN4O3. The van der Waals surface area contributed by atoms with Gasteiger partial charge in [0.05, 0.1) is 12.6 Å². The lowest BCUT2D eigenvalue weighted by atomic mass is 10.1. The van der Waals surface area contributed by atoms with E-state index in [4.69, 9.17) is 4.74 Å². The number of carbonyl (C=O) groups is 2. The molecule has 1 heterocycles. The van der Waals surface area contributed by atoms with Crippen LogP contribution in [0.1, 0.15) is 38.8 Å². The Hall–Kier alpha value is -3.29. The van der Waals surface area contributed by atoms with Crippen molar-refractivity contribution in [3.05, 3.63) is 59.4 Å². The number of anilines is 1. The van der Waals surface area contributed by atoms with Crippen LogP contribution in [0, 0.1) is 12.7 Å². The summed E-state index contributed by atoms with van der Waals surface area (Å²) in [4.78, 5) is 28.3. The van der Waals surface area contributed by atoms with E-state index in [-0.39, 0.29) is 24.5 Å². The van der Waals surface area contributed by atoms with Gasteiger partial charge in [-0.3, -0.25) is 10.2 Å². The lowest BCUT2D eigenvalue weighted by molar-refractivity contribution is 0.0974. The number of hydrogen-bond donors (Lipinski definition) is 2. The first kappa shape index (κ1) is 22.4. The summed E-state index contributed by atoms with van der Waals surface area (Å²) in [6.07, 6.45) is -0.738. The standard InChI is InChI=1S/C23H29FN4O3/c1-14(2)28-22(29)26-21(25-18-8-10-19(11-9-18)31-15(3)4)27(23(28)30)13-17-7-6-16(5)20(24)12-17/h6-12,14-15,21,25H,13H2,1-5H3,(H,26,29). The Morgan fingerprint density at radius 2 is 1.77 bits per heavy atom. The van der Waals surface area contributed by atoms with Crippen LogP contribution in [0.25, 0.3) is 0 Å². The zero-order valence-electron chi connectivity index (χ0n) is 18.5. The molecule has 1 aliphatic heterocycles. The fourth-order valence-electron chi connectivity index (χ4n) is 3.32. The Labute approximate surface area is 182 Å². The fourth-order valence-corrected chi connectivity index (χ4v) is 3.32. The van der Waals surface area contributed by atoms with Crippen molar-refractivity contribution >= 4 is 17.7 Å². The van der Waals surface area contributed by atoms with Gasteiger partial charge in [0, 0.05) is 11.7 Å². The first-order valence-corrected chi connectivity index (χ1v) is 10.3. The quantitative estimate of drug-likeness (QED) is 0.672. The second-order valence-corrected chi connectivity index (χ2v) is 8.15. The number of benzene rings is 2. The van der Waals surface area contributed by atoms with Crippen LogP contribution in [0.4, 0.5) is 19.7 Å². The van der Waals surface area contributed by atoms with Gasteiger partial charge in [0.2, 0.25) is 0 Å². The molecule has 0 radical (unpaired) electrons. The van der Waals surface area contributed by atoms with Crippen LogP contribution >= 0.6 is 0 Å². The maximum Gasteiger partial charge on any atom is 0.331 e. The molecule has 0 saturated carbocycles. The van der Waals surface area contributed by atoms with E-state index in [1.807, 2.05) is 38.1 Å². The number of ether oxygens (including phenoxy) is 1. The topological polar surface area (TPSA) is 73.9 Å². The van der Waals surface area contributed by atoms with Crippen molar-refractivity contribution in [2.75, 3.05) is 5.32 Å². The summed E-state index contributed by atoms with van der Waals surface area (Å²) in [6, 6.07) is 10.9. The van der Waals surface area contributed by atoms with Crippen LogP contribution in [0.5, 0.6) is 5.75 Å². The van der Waals surface area contributed by atoms with Crippen LogP contribution in [0.3, 0.4) is 0 Å². The van der Waals surface area contributed by atoms with Gasteiger partial charge in [-0.25, -0.2) is 18.9 Å². The van der Waals surface area contributed by atoms with E-state index in [0.29, 0.717) is 16.8 Å². The van der Waals surface area contributed by atoms with Gasteiger partial charge in [-0.2, -0.15) is 0 Å². The first-order valence-electron chi connectivity index (χ1n) is 10.3. The summed E-state index contributed by atoms with van der Waals surface area (Å²) >= 11 is 0. The molecule has 1 atom stereocenters. The molecule has 7 nitrogen and oxygen atoms in total. The highest BCUT2D eigenvalue weighted by atomic mass is 19.1. The molecule has 1 aliphatic rings. The minimum absolute atomic E-state index is 0.0569. The Kier molecular flexibility index (Phi) is 6.68. The van der Waals surface area contributed by atoms with Gasteiger partial charge >= 0.3 is 12.1 Å². The van der Waals surface area contributed by atoms with Crippen molar-refractivity contribution in [3.63, 3.8) is 0 Å². The van der Waals surface area contributed by atoms with E-state index in [1.165, 1.54) is 11.0 Å². The van der Waals surface area contributed by atoms with Crippen LogP contribution in [-0.2, 0) is 6.54 Å². The monoisotopic (exact) mass is 428 g/mol. The predicted molar refractivity (Wildman–Crippen MR) is 117 cm³/mol. The van der Waals surface area contributed by atoms with Gasteiger partial charge in [0.15, 0.2) is 6.29 Å². The normalized spacial score (nSPS) is 16.7. The van der Waals surface area contributed by atoms with Crippen LogP contribution in [0.2, 0.25) is 0 Å². The first-order chi connectivity index (χ1) is 14.7. The van der Waals surface area contributed by atoms with Gasteiger partial charge in [-0.15, -0.1) is 0 Å². The highest BCUT2D eigenvalue weighted by Crippen LogP contribution is 2.22. The van der Waals surface area contributed by atoms with Crippen molar-refractivity contribution in [1.29, 1.82) is 0 Å². The third kappa shape index (κ3) is 5.25. The van der Waals surface area contributed by atoms with Gasteiger partial charge in [0.25, 0.3) is 0 Å². The van der Waals surface area contributed by atoms with E-state index < -0.39 is 18.4 Å². The maximum atomic E-state index is 14.1. The highest BCUT2D eigenvalue weighted by Gasteiger charge is 2.39. The smallest absolute Gasteiger partial charge is 0.331 e. The molecule has 0 aromatic heterocycles. The molecule has 4 amide bonds. The van der Waals surface area contributed by atoms with Crippen molar-refractivity contribution in [1.82, 2.24) is 15.1 Å². The predicted octanol–water partition coefficient (Wildman–Crippen LogP) is 4.67. The number of nitrogens with zero attached hydrogens (tertiary/aromatic N) is 2. The summed E-state index contributed by atoms with van der Waals surface area (Å²) in [5, 5.41) is 6.00. The third-order valence-electron chi connectivity index (χ3n) is 4.88. The number of halogens is 1. The molecule has 2 N–H and O–H groups in total. The number of nitrogens with one attached hydrogen (secondary N) is 2. The number of rotatable bonds is 7. The van der Waals surface area contributed by atoms with Crippen molar-refractivity contribution < 1.29 is 18.7 Å². The molecule has 8 heteroatoms. The fraction of sp³-hybridized carbons (Fsp3) is 0.391. The number of aryl methyl sites for hydroxylation is 1. The number of carbonyl (C=O) groups excluding carboxylic acids is 2. The zero-order valence-corrected chi connectivity index (χ0v) is 18.5. The molecule has 1 fully saturated rings. The lowest BCUT2D eigenvalue weighted by Gasteiger charge is -2.42. The van der Waals surface area contributed by atoms with Crippen molar-refractivity contribution in [3.8, 4) is 5.75 Å². The summed E-state index contributed by atoms with van der Waals surface area (Å²) in [5.41, 5.74) is 1.86. The van der Waals surface area contributed by atoms with Gasteiger partial charge in [0.1, 0.15) is 11.6 Å². The van der Waals surface area contributed by atoms with E-state index in [9.17, 15) is 14.0 Å². The van der Waals surface area contributed by atoms with Crippen LogP contribution < -0.4 is 15.4 Å². The highest BCUT2D eigenvalue weighted by molar-refractivity contribution is 5.96. The molecule has 1 saturated heterocycles. The summed E-state index contributed by atoms with van der Waals surface area (Å²) in [6.45, 7) is 9.24. The molecular weight excluding hydrogens is 399 g/mol. The van der Waals surface area contributed by atoms with E-state index in [0.717, 1.165) is 10.6 Å². The van der Waals surface area contributed by atoms with Crippen LogP contribution in [0.15, 0.2) is 42.5 Å². The molecule has 0 bridgehead atoms. The third-order valence-corrected chi connectivity index (χ3v) is 4.88. The summed E-state index contributed by atoms with van der Waals surface area (Å²) < 4.78 is 19.7. The lowest BCUT2D eigenvalue weighted by Crippen LogP contribution is -2.68. The van der Waals surface area contributed by atoms with E-state index in [2.05, 4.69) is 10.6 Å². The average molecular weight is 429 g/mol. The molecule has 0 spiro atoms. The molecule has 2 aromatic carbocycles. The largest absolute Gasteiger partial charge is 0.491 e. The Balaban J connectivity index is 1.85. The average Bonchev–Trinajstić information content (AvgIpc) is 2.68. The Morgan fingerprint density at radius 3 is 2.35 bits per heavy atom. The van der Waals surface area contributed by atoms with Crippen LogP contribution in [-0.4, -0.2) is 40.3 Å². The molecule has 2 aromatic rings. The van der Waals surface area contributed by atoms with Crippen molar-refractivity contribution in [2.45, 2.75) is 59.6 Å². The number of amides is 4. The Bertz CT molecular complexity index is 946. The second-order valence-electron chi connectivity index (χ2n) is 8.15. The maximum absolute atomic E-state index is 14.1. The summed E-state index contributed by atoms with van der Waals surface area (Å²) in [5.74, 6) is 0.388. The number of urea groups is 2. The molecule has 31 heavy (non-hydrogen) atoms. The van der Waals surface area contributed by atoms with Crippen molar-refractivity contribution in [2.24, 2.45) is 0 Å². The molecule has 0 aliphatic carbocycles. The SMILES string of the molecule is Cc1ccc(CN2C(=O)N(C(C)C)C(=O)NC2Nc2ccc(OC(C)C)cc2)cc1F. The minimum Gasteiger partial charge on any atom is -0.491 e. The molecule has 166 valence electrons. The minimum atomic E-state index is -0.795. The second kappa shape index (κ2) is 9.24. The molecule has 1 unspecified atom stereocenters. The van der Waals surface area contributed by atoms with Gasteiger partial charge in [-0.1, -0.05) is 12.1 Å². The van der Waals surface area contributed by atoms with E-state index in [1.54, 1.807) is 32.9 Å². The Morgan fingerprint density at radius 1 is 1.10 bits per heavy atom. The molecule has 3 rings (SSSR count). The van der Waals surface area contributed by atoms with Gasteiger partial charge in [-0.05, 0) is 76.1 Å². The number of hydrogen-bond acceptors (Lipinski definition) is 4. The van der Waals surface area contributed by atoms with E-state index >= 15 is 0 Å². The summed E-state index contributed by atoms with van der Waals surface area (Å²) in [7, 11) is 0. The zero-order chi connectivity index (χ0) is 22.7.